The number of ketones is 1. The Morgan fingerprint density at radius 1 is 1.41 bits per heavy atom. The largest absolute Gasteiger partial charge is 0.496 e. The summed E-state index contributed by atoms with van der Waals surface area (Å²) in [5.74, 6) is 0.372. The second-order valence-electron chi connectivity index (χ2n) is 3.35. The van der Waals surface area contributed by atoms with Crippen LogP contribution < -0.4 is 10.5 Å². The third kappa shape index (κ3) is 2.21. The molecule has 0 amide bonds. The minimum absolute atomic E-state index is 0.123. The highest BCUT2D eigenvalue weighted by atomic mass is 79.9. The summed E-state index contributed by atoms with van der Waals surface area (Å²) in [5.41, 5.74) is 6.68. The molecular weight excluding hydrogens is 302 g/mol. The van der Waals surface area contributed by atoms with Crippen LogP contribution in [0, 0.1) is 0 Å². The van der Waals surface area contributed by atoms with Crippen LogP contribution in [-0.2, 0) is 0 Å². The van der Waals surface area contributed by atoms with Gasteiger partial charge in [0.1, 0.15) is 5.75 Å². The molecule has 1 heterocycles. The number of nitrogens with two attached hydrogens (primary N) is 1. The van der Waals surface area contributed by atoms with Crippen molar-refractivity contribution in [1.29, 1.82) is 0 Å². The zero-order valence-corrected chi connectivity index (χ0v) is 11.5. The van der Waals surface area contributed by atoms with Gasteiger partial charge < -0.3 is 10.5 Å². The van der Waals surface area contributed by atoms with Crippen LogP contribution >= 0.6 is 27.3 Å². The molecule has 0 fully saturated rings. The normalized spacial score (nSPS) is 10.2. The average Bonchev–Trinajstić information content (AvgIpc) is 2.74. The summed E-state index contributed by atoms with van der Waals surface area (Å²) in [6.45, 7) is 0. The van der Waals surface area contributed by atoms with Crippen molar-refractivity contribution < 1.29 is 9.53 Å². The maximum atomic E-state index is 12.3. The predicted octanol–water partition coefficient (Wildman–Crippen LogP) is 3.33. The maximum Gasteiger partial charge on any atom is 0.209 e. The van der Waals surface area contributed by atoms with Gasteiger partial charge in [0.25, 0.3) is 0 Å². The topological polar surface area (TPSA) is 52.3 Å². The van der Waals surface area contributed by atoms with E-state index in [1.165, 1.54) is 18.4 Å². The van der Waals surface area contributed by atoms with Crippen LogP contribution in [0.1, 0.15) is 15.2 Å². The molecule has 0 bridgehead atoms. The van der Waals surface area contributed by atoms with E-state index in [1.807, 2.05) is 11.4 Å². The van der Waals surface area contributed by atoms with E-state index < -0.39 is 0 Å². The van der Waals surface area contributed by atoms with E-state index in [0.29, 0.717) is 21.9 Å². The summed E-state index contributed by atoms with van der Waals surface area (Å²) in [6.07, 6.45) is 0. The number of thiophene rings is 1. The molecule has 0 atom stereocenters. The van der Waals surface area contributed by atoms with Gasteiger partial charge in [0.15, 0.2) is 0 Å². The number of rotatable bonds is 3. The highest BCUT2D eigenvalue weighted by Crippen LogP contribution is 2.31. The van der Waals surface area contributed by atoms with E-state index in [2.05, 4.69) is 15.9 Å². The van der Waals surface area contributed by atoms with Crippen LogP contribution in [0.2, 0.25) is 0 Å². The number of methoxy groups -OCH3 is 1. The second kappa shape index (κ2) is 4.89. The lowest BCUT2D eigenvalue weighted by Gasteiger charge is -2.09. The van der Waals surface area contributed by atoms with Crippen LogP contribution in [0.5, 0.6) is 5.75 Å². The van der Waals surface area contributed by atoms with Crippen molar-refractivity contribution >= 4 is 38.7 Å². The molecule has 0 saturated heterocycles. The first-order valence-electron chi connectivity index (χ1n) is 4.85. The van der Waals surface area contributed by atoms with Crippen molar-refractivity contribution in [2.24, 2.45) is 0 Å². The number of hydrogen-bond donors (Lipinski definition) is 1. The molecule has 0 aliphatic carbocycles. The molecule has 88 valence electrons. The van der Waals surface area contributed by atoms with E-state index in [4.69, 9.17) is 10.5 Å². The minimum atomic E-state index is -0.123. The Labute approximate surface area is 111 Å². The van der Waals surface area contributed by atoms with Crippen molar-refractivity contribution in [1.82, 2.24) is 0 Å². The monoisotopic (exact) mass is 311 g/mol. The molecule has 0 saturated carbocycles. The molecule has 0 aliphatic heterocycles. The van der Waals surface area contributed by atoms with Gasteiger partial charge in [-0.15, -0.1) is 11.3 Å². The Morgan fingerprint density at radius 3 is 2.76 bits per heavy atom. The van der Waals surface area contributed by atoms with E-state index in [1.54, 1.807) is 18.2 Å². The van der Waals surface area contributed by atoms with Gasteiger partial charge in [-0.3, -0.25) is 4.79 Å². The smallest absolute Gasteiger partial charge is 0.209 e. The first-order valence-corrected chi connectivity index (χ1v) is 6.52. The van der Waals surface area contributed by atoms with Crippen molar-refractivity contribution in [2.75, 3.05) is 12.8 Å². The Hall–Kier alpha value is -1.33. The molecule has 0 aliphatic rings. The first-order chi connectivity index (χ1) is 8.15. The fraction of sp³-hybridized carbons (Fsp3) is 0.0833. The zero-order valence-electron chi connectivity index (χ0n) is 9.07. The van der Waals surface area contributed by atoms with Crippen LogP contribution in [-0.4, -0.2) is 12.9 Å². The lowest BCUT2D eigenvalue weighted by atomic mass is 10.1. The summed E-state index contributed by atoms with van der Waals surface area (Å²) >= 11 is 4.72. The zero-order chi connectivity index (χ0) is 12.4. The van der Waals surface area contributed by atoms with Crippen molar-refractivity contribution in [2.45, 2.75) is 0 Å². The summed E-state index contributed by atoms with van der Waals surface area (Å²) in [5, 5.41) is 1.85. The van der Waals surface area contributed by atoms with Gasteiger partial charge in [0.2, 0.25) is 5.78 Å². The minimum Gasteiger partial charge on any atom is -0.496 e. The molecule has 17 heavy (non-hydrogen) atoms. The average molecular weight is 312 g/mol. The van der Waals surface area contributed by atoms with Crippen LogP contribution in [0.25, 0.3) is 0 Å². The number of carbonyl (C=O) groups is 1. The van der Waals surface area contributed by atoms with E-state index in [-0.39, 0.29) is 5.78 Å². The quantitative estimate of drug-likeness (QED) is 0.698. The van der Waals surface area contributed by atoms with Gasteiger partial charge in [-0.25, -0.2) is 0 Å². The van der Waals surface area contributed by atoms with Crippen molar-refractivity contribution in [3.63, 3.8) is 0 Å². The maximum absolute atomic E-state index is 12.3. The van der Waals surface area contributed by atoms with Gasteiger partial charge in [0, 0.05) is 10.2 Å². The Bertz CT molecular complexity index is 565. The highest BCUT2D eigenvalue weighted by molar-refractivity contribution is 9.10. The Balaban J connectivity index is 2.55. The number of anilines is 1. The van der Waals surface area contributed by atoms with Crippen LogP contribution in [0.15, 0.2) is 34.1 Å². The molecule has 2 N–H and O–H groups in total. The lowest BCUT2D eigenvalue weighted by Crippen LogP contribution is -2.06. The third-order valence-electron chi connectivity index (χ3n) is 2.33. The van der Waals surface area contributed by atoms with Crippen molar-refractivity contribution in [3.8, 4) is 5.75 Å². The van der Waals surface area contributed by atoms with E-state index in [9.17, 15) is 4.79 Å². The number of benzene rings is 1. The standard InChI is InChI=1S/C12H10BrNO2S/c1-16-9-4-2-3-8(14)10(9)11(15)12-7(13)5-6-17-12/h2-6H,14H2,1H3. The van der Waals surface area contributed by atoms with Gasteiger partial charge >= 0.3 is 0 Å². The summed E-state index contributed by atoms with van der Waals surface area (Å²) < 4.78 is 5.95. The van der Waals surface area contributed by atoms with E-state index >= 15 is 0 Å². The molecule has 5 heteroatoms. The fourth-order valence-electron chi connectivity index (χ4n) is 1.53. The molecule has 0 spiro atoms. The van der Waals surface area contributed by atoms with Gasteiger partial charge in [-0.1, -0.05) is 6.07 Å². The molecule has 0 radical (unpaired) electrons. The fourth-order valence-corrected chi connectivity index (χ4v) is 3.03. The van der Waals surface area contributed by atoms with Gasteiger partial charge in [-0.05, 0) is 39.5 Å². The molecule has 1 aromatic carbocycles. The number of halogens is 1. The Morgan fingerprint density at radius 2 is 2.18 bits per heavy atom. The second-order valence-corrected chi connectivity index (χ2v) is 5.12. The van der Waals surface area contributed by atoms with Crippen molar-refractivity contribution in [3.05, 3.63) is 44.6 Å². The number of carbonyl (C=O) groups excluding carboxylic acids is 1. The van der Waals surface area contributed by atoms with Crippen LogP contribution in [0.4, 0.5) is 5.69 Å². The van der Waals surface area contributed by atoms with Gasteiger partial charge in [0.05, 0.1) is 17.6 Å². The number of nitrogen functional groups attached to an aromatic ring is 1. The van der Waals surface area contributed by atoms with Crippen LogP contribution in [0.3, 0.4) is 0 Å². The predicted molar refractivity (Wildman–Crippen MR) is 72.9 cm³/mol. The number of ether oxygens (including phenoxy) is 1. The number of hydrogen-bond acceptors (Lipinski definition) is 4. The van der Waals surface area contributed by atoms with Gasteiger partial charge in [-0.2, -0.15) is 0 Å². The summed E-state index contributed by atoms with van der Waals surface area (Å²) in [4.78, 5) is 13.0. The Kier molecular flexibility index (Phi) is 3.49. The molecular formula is C12H10BrNO2S. The summed E-state index contributed by atoms with van der Waals surface area (Å²) in [7, 11) is 1.52. The third-order valence-corrected chi connectivity index (χ3v) is 4.17. The molecule has 2 rings (SSSR count). The highest BCUT2D eigenvalue weighted by Gasteiger charge is 2.20. The molecule has 2 aromatic rings. The molecule has 0 unspecified atom stereocenters. The van der Waals surface area contributed by atoms with E-state index in [0.717, 1.165) is 4.47 Å². The molecule has 1 aromatic heterocycles. The SMILES string of the molecule is COc1cccc(N)c1C(=O)c1sccc1Br. The lowest BCUT2D eigenvalue weighted by molar-refractivity contribution is 0.104. The summed E-state index contributed by atoms with van der Waals surface area (Å²) in [6, 6.07) is 7.01. The first kappa shape index (κ1) is 12.1. The molecule has 3 nitrogen and oxygen atoms in total.